The number of likely N-dealkylation sites (tertiary alicyclic amines) is 1. The summed E-state index contributed by atoms with van der Waals surface area (Å²) in [5.74, 6) is 0.400. The summed E-state index contributed by atoms with van der Waals surface area (Å²) in [6.45, 7) is 2.82. The number of carbonyl (C=O) groups excluding carboxylic acids is 1. The van der Waals surface area contributed by atoms with Crippen molar-refractivity contribution in [1.29, 1.82) is 0 Å². The molecule has 7 heteroatoms. The molecular formula is C18H27B2ClN2O2. The van der Waals surface area contributed by atoms with E-state index in [0.29, 0.717) is 35.9 Å². The first-order chi connectivity index (χ1) is 12.0. The summed E-state index contributed by atoms with van der Waals surface area (Å²) in [5.41, 5.74) is 9.09. The van der Waals surface area contributed by atoms with Crippen LogP contribution in [0.25, 0.3) is 0 Å². The van der Waals surface area contributed by atoms with Crippen LogP contribution in [-0.4, -0.2) is 43.6 Å². The maximum Gasteiger partial charge on any atom is 0.226 e. The van der Waals surface area contributed by atoms with Crippen LogP contribution in [0.15, 0.2) is 0 Å². The van der Waals surface area contributed by atoms with Crippen molar-refractivity contribution >= 4 is 49.2 Å². The Kier molecular flexibility index (Phi) is 5.57. The summed E-state index contributed by atoms with van der Waals surface area (Å²) in [6, 6.07) is 0.423. The van der Waals surface area contributed by atoms with E-state index in [9.17, 15) is 9.90 Å². The first-order valence-corrected chi connectivity index (χ1v) is 9.92. The molecule has 0 aromatic heterocycles. The minimum atomic E-state index is -0.0459. The molecule has 1 amide bonds. The van der Waals surface area contributed by atoms with Gasteiger partial charge in [0, 0.05) is 29.2 Å². The highest BCUT2D eigenvalue weighted by atomic mass is 35.5. The monoisotopic (exact) mass is 360 g/mol. The Labute approximate surface area is 156 Å². The van der Waals surface area contributed by atoms with Crippen molar-refractivity contribution in [2.75, 3.05) is 12.3 Å². The van der Waals surface area contributed by atoms with Gasteiger partial charge in [0.1, 0.15) is 13.6 Å². The normalized spacial score (nSPS) is 21.8. The van der Waals surface area contributed by atoms with Crippen molar-refractivity contribution in [3.05, 3.63) is 10.6 Å². The summed E-state index contributed by atoms with van der Waals surface area (Å²) >= 11 is 6.48. The van der Waals surface area contributed by atoms with E-state index in [1.54, 1.807) is 0 Å². The molecule has 1 saturated carbocycles. The molecule has 0 bridgehead atoms. The third-order valence-corrected chi connectivity index (χ3v) is 6.57. The third kappa shape index (κ3) is 3.38. The van der Waals surface area contributed by atoms with Crippen molar-refractivity contribution in [1.82, 2.24) is 4.90 Å². The Balaban J connectivity index is 1.81. The number of nitrogen functional groups attached to an aromatic ring is 1. The van der Waals surface area contributed by atoms with Crippen LogP contribution in [0.4, 0.5) is 5.69 Å². The number of aromatic hydroxyl groups is 1. The van der Waals surface area contributed by atoms with Crippen LogP contribution in [0.2, 0.25) is 11.8 Å². The first-order valence-electron chi connectivity index (χ1n) is 9.54. The smallest absolute Gasteiger partial charge is 0.226 e. The lowest BCUT2D eigenvalue weighted by molar-refractivity contribution is -0.133. The number of rotatable bonds is 4. The number of carbonyl (C=O) groups is 1. The fourth-order valence-corrected chi connectivity index (χ4v) is 4.76. The highest BCUT2D eigenvalue weighted by Gasteiger charge is 2.37. The lowest BCUT2D eigenvalue weighted by Gasteiger charge is -2.31. The minimum absolute atomic E-state index is 0.0459. The van der Waals surface area contributed by atoms with Crippen LogP contribution in [0, 0.1) is 5.92 Å². The van der Waals surface area contributed by atoms with Crippen molar-refractivity contribution in [3.63, 3.8) is 0 Å². The van der Waals surface area contributed by atoms with Gasteiger partial charge in [-0.2, -0.15) is 0 Å². The molecular weight excluding hydrogens is 333 g/mol. The number of benzene rings is 1. The third-order valence-electron chi connectivity index (χ3n) is 6.06. The molecule has 4 nitrogen and oxygen atoms in total. The van der Waals surface area contributed by atoms with E-state index in [-0.39, 0.29) is 17.6 Å². The molecule has 1 aliphatic carbocycles. The quantitative estimate of drug-likeness (QED) is 0.614. The molecule has 1 aliphatic heterocycles. The fraction of sp³-hybridized carbons (Fsp3) is 0.611. The van der Waals surface area contributed by atoms with Crippen LogP contribution >= 0.6 is 11.6 Å². The van der Waals surface area contributed by atoms with Gasteiger partial charge in [-0.15, -0.1) is 0 Å². The fourth-order valence-electron chi connectivity index (χ4n) is 4.50. The number of hydrogen-bond acceptors (Lipinski definition) is 3. The zero-order valence-electron chi connectivity index (χ0n) is 15.3. The van der Waals surface area contributed by atoms with Crippen LogP contribution in [0.1, 0.15) is 44.1 Å². The standard InChI is InChI=1S/C18H27B2ClN2O2/c1-20-14-16(22)12(15(21)13(19)17(14)24)9-10-7-8-23(18(10)25)11-5-3-2-4-6-11/h10-11,20,24H,2-9,19,22H2,1H3. The number of phenolic OH excluding ortho intramolecular Hbond substituents is 1. The number of nitrogens with two attached hydrogens (primary N) is 1. The SMILES string of the molecule is Bc1c(O)c(BC)c(N)c(CC2CCN(C3CCCCC3)C2=O)c1Cl. The zero-order chi connectivity index (χ0) is 18.1. The van der Waals surface area contributed by atoms with E-state index >= 15 is 0 Å². The lowest BCUT2D eigenvalue weighted by Crippen LogP contribution is -2.39. The average molecular weight is 361 g/mol. The molecule has 0 radical (unpaired) electrons. The van der Waals surface area contributed by atoms with Gasteiger partial charge in [-0.1, -0.05) is 37.7 Å². The molecule has 3 rings (SSSR count). The van der Waals surface area contributed by atoms with Crippen molar-refractivity contribution < 1.29 is 9.90 Å². The van der Waals surface area contributed by atoms with Gasteiger partial charge < -0.3 is 15.7 Å². The molecule has 1 heterocycles. The van der Waals surface area contributed by atoms with Gasteiger partial charge in [0.15, 0.2) is 7.28 Å². The van der Waals surface area contributed by atoms with Gasteiger partial charge in [-0.3, -0.25) is 4.79 Å². The highest BCUT2D eigenvalue weighted by Crippen LogP contribution is 2.33. The summed E-state index contributed by atoms with van der Waals surface area (Å²) in [4.78, 5) is 15.0. The van der Waals surface area contributed by atoms with Gasteiger partial charge in [-0.25, -0.2) is 0 Å². The molecule has 2 aliphatic rings. The van der Waals surface area contributed by atoms with Gasteiger partial charge in [-0.05, 0) is 42.2 Å². The zero-order valence-corrected chi connectivity index (χ0v) is 16.0. The molecule has 1 saturated heterocycles. The second-order valence-corrected chi connectivity index (χ2v) is 7.90. The summed E-state index contributed by atoms with van der Waals surface area (Å²) in [6.07, 6.45) is 7.47. The summed E-state index contributed by atoms with van der Waals surface area (Å²) < 4.78 is 0. The van der Waals surface area contributed by atoms with E-state index in [1.807, 2.05) is 14.7 Å². The van der Waals surface area contributed by atoms with E-state index in [4.69, 9.17) is 17.3 Å². The predicted molar refractivity (Wildman–Crippen MR) is 109 cm³/mol. The Morgan fingerprint density at radius 2 is 2.00 bits per heavy atom. The number of halogens is 1. The Bertz CT molecular complexity index is 678. The number of phenols is 1. The van der Waals surface area contributed by atoms with E-state index in [0.717, 1.165) is 36.8 Å². The molecule has 1 aromatic carbocycles. The first kappa shape index (κ1) is 18.5. The number of anilines is 1. The van der Waals surface area contributed by atoms with E-state index < -0.39 is 0 Å². The van der Waals surface area contributed by atoms with Crippen molar-refractivity contribution in [3.8, 4) is 5.75 Å². The molecule has 3 N–H and O–H groups in total. The summed E-state index contributed by atoms with van der Waals surface area (Å²) in [5, 5.41) is 10.8. The second-order valence-electron chi connectivity index (χ2n) is 7.53. The Morgan fingerprint density at radius 1 is 1.32 bits per heavy atom. The number of amides is 1. The van der Waals surface area contributed by atoms with Gasteiger partial charge in [0.25, 0.3) is 0 Å². The van der Waals surface area contributed by atoms with Gasteiger partial charge in [0.05, 0.1) is 0 Å². The van der Waals surface area contributed by atoms with E-state index in [1.165, 1.54) is 19.3 Å². The number of hydrogen-bond donors (Lipinski definition) is 2. The Morgan fingerprint density at radius 3 is 2.64 bits per heavy atom. The summed E-state index contributed by atoms with van der Waals surface area (Å²) in [7, 11) is 2.46. The van der Waals surface area contributed by atoms with Gasteiger partial charge >= 0.3 is 0 Å². The maximum absolute atomic E-state index is 12.9. The molecule has 1 aromatic rings. The predicted octanol–water partition coefficient (Wildman–Crippen LogP) is 0.720. The van der Waals surface area contributed by atoms with Crippen molar-refractivity contribution in [2.45, 2.75) is 57.8 Å². The van der Waals surface area contributed by atoms with Crippen molar-refractivity contribution in [2.24, 2.45) is 5.92 Å². The average Bonchev–Trinajstić information content (AvgIpc) is 2.99. The van der Waals surface area contributed by atoms with Crippen LogP contribution in [0.3, 0.4) is 0 Å². The van der Waals surface area contributed by atoms with Gasteiger partial charge in [0.2, 0.25) is 5.91 Å². The molecule has 2 fully saturated rings. The minimum Gasteiger partial charge on any atom is -0.509 e. The molecule has 134 valence electrons. The van der Waals surface area contributed by atoms with Crippen LogP contribution in [-0.2, 0) is 11.2 Å². The molecule has 25 heavy (non-hydrogen) atoms. The molecule has 1 unspecified atom stereocenters. The number of nitrogens with zero attached hydrogens (tertiary/aromatic N) is 1. The highest BCUT2D eigenvalue weighted by molar-refractivity contribution is 6.58. The topological polar surface area (TPSA) is 66.6 Å². The second kappa shape index (κ2) is 7.53. The lowest BCUT2D eigenvalue weighted by atomic mass is 9.68. The van der Waals surface area contributed by atoms with Crippen LogP contribution in [0.5, 0.6) is 5.75 Å². The Hall–Kier alpha value is -1.29. The molecule has 1 atom stereocenters. The molecule has 0 spiro atoms. The van der Waals surface area contributed by atoms with Crippen LogP contribution < -0.4 is 16.7 Å². The largest absolute Gasteiger partial charge is 0.509 e. The maximum atomic E-state index is 12.9. The van der Waals surface area contributed by atoms with E-state index in [2.05, 4.69) is 4.90 Å².